The summed E-state index contributed by atoms with van der Waals surface area (Å²) in [5.74, 6) is 0. The van der Waals surface area contributed by atoms with Crippen molar-refractivity contribution >= 4 is 0 Å². The van der Waals surface area contributed by atoms with Crippen molar-refractivity contribution in [3.05, 3.63) is 47.5 Å². The van der Waals surface area contributed by atoms with Crippen LogP contribution in [0.3, 0.4) is 0 Å². The summed E-state index contributed by atoms with van der Waals surface area (Å²) in [4.78, 5) is 3.38. The second kappa shape index (κ2) is 5.40. The van der Waals surface area contributed by atoms with E-state index in [0.717, 1.165) is 11.8 Å². The Hall–Kier alpha value is -1.89. The smallest absolute Gasteiger partial charge is 0.396 e. The molecular formula is C12H12F3N3O. The first-order valence-corrected chi connectivity index (χ1v) is 5.64. The van der Waals surface area contributed by atoms with Gasteiger partial charge in [0.15, 0.2) is 0 Å². The van der Waals surface area contributed by atoms with Gasteiger partial charge in [0.25, 0.3) is 0 Å². The Morgan fingerprint density at radius 3 is 2.58 bits per heavy atom. The highest BCUT2D eigenvalue weighted by Gasteiger charge is 2.31. The third kappa shape index (κ3) is 3.54. The summed E-state index contributed by atoms with van der Waals surface area (Å²) in [5, 5.41) is 12.9. The van der Waals surface area contributed by atoms with Gasteiger partial charge in [0.2, 0.25) is 0 Å². The molecule has 4 nitrogen and oxygen atoms in total. The number of aliphatic hydroxyl groups excluding tert-OH is 1. The van der Waals surface area contributed by atoms with Gasteiger partial charge in [-0.3, -0.25) is 9.67 Å². The van der Waals surface area contributed by atoms with Crippen molar-refractivity contribution in [1.29, 1.82) is 0 Å². The molecule has 0 unspecified atom stereocenters. The average molecular weight is 271 g/mol. The van der Waals surface area contributed by atoms with E-state index in [2.05, 4.69) is 10.1 Å². The summed E-state index contributed by atoms with van der Waals surface area (Å²) in [7, 11) is 0. The minimum Gasteiger partial charge on any atom is -0.396 e. The molecule has 0 aromatic carbocycles. The van der Waals surface area contributed by atoms with Crippen molar-refractivity contribution in [2.75, 3.05) is 6.61 Å². The van der Waals surface area contributed by atoms with E-state index in [1.165, 1.54) is 12.3 Å². The number of aliphatic hydroxyl groups is 1. The van der Waals surface area contributed by atoms with Gasteiger partial charge in [-0.05, 0) is 17.7 Å². The Labute approximate surface area is 107 Å². The Kier molecular flexibility index (Phi) is 3.84. The molecule has 0 aliphatic heterocycles. The lowest BCUT2D eigenvalue weighted by molar-refractivity contribution is -0.141. The van der Waals surface area contributed by atoms with E-state index in [-0.39, 0.29) is 6.61 Å². The van der Waals surface area contributed by atoms with E-state index >= 15 is 0 Å². The molecule has 1 N–H and O–H groups in total. The fourth-order valence-corrected chi connectivity index (χ4v) is 1.61. The normalized spacial score (nSPS) is 11.8. The Morgan fingerprint density at radius 2 is 2.00 bits per heavy atom. The second-order valence-electron chi connectivity index (χ2n) is 4.03. The molecule has 0 saturated heterocycles. The van der Waals surface area contributed by atoms with Crippen LogP contribution < -0.4 is 0 Å². The lowest BCUT2D eigenvalue weighted by Gasteiger charge is -2.06. The van der Waals surface area contributed by atoms with Crippen LogP contribution >= 0.6 is 0 Å². The lowest BCUT2D eigenvalue weighted by Crippen LogP contribution is -2.09. The summed E-state index contributed by atoms with van der Waals surface area (Å²) < 4.78 is 38.6. The summed E-state index contributed by atoms with van der Waals surface area (Å²) in [5.41, 5.74) is 0.465. The van der Waals surface area contributed by atoms with E-state index in [9.17, 15) is 13.2 Å². The van der Waals surface area contributed by atoms with Crippen LogP contribution in [0.1, 0.15) is 17.0 Å². The maximum absolute atomic E-state index is 12.3. The van der Waals surface area contributed by atoms with Gasteiger partial charge < -0.3 is 5.11 Å². The number of nitrogens with zero attached hydrogens (tertiary/aromatic N) is 3. The largest absolute Gasteiger partial charge is 0.433 e. The topological polar surface area (TPSA) is 50.9 Å². The van der Waals surface area contributed by atoms with E-state index < -0.39 is 11.9 Å². The molecule has 102 valence electrons. The van der Waals surface area contributed by atoms with E-state index in [1.54, 1.807) is 16.9 Å². The minimum absolute atomic E-state index is 0.0127. The van der Waals surface area contributed by atoms with Crippen molar-refractivity contribution in [2.45, 2.75) is 19.1 Å². The van der Waals surface area contributed by atoms with Crippen LogP contribution in [0.4, 0.5) is 13.2 Å². The molecule has 19 heavy (non-hydrogen) atoms. The van der Waals surface area contributed by atoms with Crippen LogP contribution in [0.15, 0.2) is 30.6 Å². The predicted molar refractivity (Wildman–Crippen MR) is 61.4 cm³/mol. The van der Waals surface area contributed by atoms with E-state index in [4.69, 9.17) is 5.11 Å². The minimum atomic E-state index is -4.42. The fourth-order valence-electron chi connectivity index (χ4n) is 1.61. The van der Waals surface area contributed by atoms with Gasteiger partial charge in [0.05, 0.1) is 12.2 Å². The van der Waals surface area contributed by atoms with Gasteiger partial charge in [0.1, 0.15) is 5.69 Å². The van der Waals surface area contributed by atoms with Gasteiger partial charge in [-0.25, -0.2) is 0 Å². The van der Waals surface area contributed by atoms with Gasteiger partial charge in [0, 0.05) is 25.4 Å². The summed E-state index contributed by atoms with van der Waals surface area (Å²) in [6.07, 6.45) is -1.06. The van der Waals surface area contributed by atoms with Crippen LogP contribution in [-0.2, 0) is 19.1 Å². The molecule has 0 atom stereocenters. The molecule has 0 saturated carbocycles. The third-order valence-electron chi connectivity index (χ3n) is 2.52. The molecule has 0 bridgehead atoms. The molecule has 0 spiro atoms. The average Bonchev–Trinajstić information content (AvgIpc) is 2.77. The van der Waals surface area contributed by atoms with Gasteiger partial charge in [-0.1, -0.05) is 6.07 Å². The number of aromatic nitrogens is 3. The highest BCUT2D eigenvalue weighted by molar-refractivity contribution is 5.16. The molecule has 2 heterocycles. The van der Waals surface area contributed by atoms with Crippen LogP contribution in [0.25, 0.3) is 0 Å². The zero-order valence-corrected chi connectivity index (χ0v) is 9.93. The standard InChI is InChI=1S/C12H12F3N3O/c13-12(14,15)11-2-1-9(7-16-11)8-18-5-3-10(17-18)4-6-19/h1-3,5,7,19H,4,6,8H2. The maximum atomic E-state index is 12.3. The maximum Gasteiger partial charge on any atom is 0.433 e. The molecule has 2 rings (SSSR count). The number of hydrogen-bond acceptors (Lipinski definition) is 3. The molecule has 0 aliphatic rings. The summed E-state index contributed by atoms with van der Waals surface area (Å²) in [6, 6.07) is 4.09. The van der Waals surface area contributed by atoms with Gasteiger partial charge >= 0.3 is 6.18 Å². The monoisotopic (exact) mass is 271 g/mol. The number of hydrogen-bond donors (Lipinski definition) is 1. The van der Waals surface area contributed by atoms with E-state index in [0.29, 0.717) is 18.5 Å². The quantitative estimate of drug-likeness (QED) is 0.923. The molecule has 0 aliphatic carbocycles. The van der Waals surface area contributed by atoms with Crippen molar-refractivity contribution in [3.63, 3.8) is 0 Å². The van der Waals surface area contributed by atoms with Crippen LogP contribution in [0.5, 0.6) is 0 Å². The third-order valence-corrected chi connectivity index (χ3v) is 2.52. The molecule has 2 aromatic heterocycles. The van der Waals surface area contributed by atoms with E-state index in [1.807, 2.05) is 0 Å². The summed E-state index contributed by atoms with van der Waals surface area (Å²) >= 11 is 0. The van der Waals surface area contributed by atoms with Crippen LogP contribution in [0.2, 0.25) is 0 Å². The van der Waals surface area contributed by atoms with Crippen molar-refractivity contribution < 1.29 is 18.3 Å². The molecule has 0 fully saturated rings. The highest BCUT2D eigenvalue weighted by Crippen LogP contribution is 2.27. The zero-order valence-electron chi connectivity index (χ0n) is 9.93. The van der Waals surface area contributed by atoms with Crippen molar-refractivity contribution in [3.8, 4) is 0 Å². The molecule has 0 amide bonds. The molecule has 0 radical (unpaired) electrons. The lowest BCUT2D eigenvalue weighted by atomic mass is 10.2. The molecule has 7 heteroatoms. The predicted octanol–water partition coefficient (Wildman–Crippen LogP) is 1.88. The summed E-state index contributed by atoms with van der Waals surface area (Å²) in [6.45, 7) is 0.357. The highest BCUT2D eigenvalue weighted by atomic mass is 19.4. The number of pyridine rings is 1. The van der Waals surface area contributed by atoms with Crippen molar-refractivity contribution in [1.82, 2.24) is 14.8 Å². The van der Waals surface area contributed by atoms with Gasteiger partial charge in [-0.15, -0.1) is 0 Å². The second-order valence-corrected chi connectivity index (χ2v) is 4.03. The molecular weight excluding hydrogens is 259 g/mol. The Bertz CT molecular complexity index is 534. The Balaban J connectivity index is 2.06. The van der Waals surface area contributed by atoms with Crippen LogP contribution in [0, 0.1) is 0 Å². The number of rotatable bonds is 4. The first-order chi connectivity index (χ1) is 8.99. The fraction of sp³-hybridized carbons (Fsp3) is 0.333. The first-order valence-electron chi connectivity index (χ1n) is 5.64. The first kappa shape index (κ1) is 13.5. The zero-order chi connectivity index (χ0) is 13.9. The molecule has 2 aromatic rings. The number of halogens is 3. The van der Waals surface area contributed by atoms with Gasteiger partial charge in [-0.2, -0.15) is 18.3 Å². The van der Waals surface area contributed by atoms with Crippen LogP contribution in [-0.4, -0.2) is 26.5 Å². The van der Waals surface area contributed by atoms with Crippen molar-refractivity contribution in [2.24, 2.45) is 0 Å². The SMILES string of the molecule is OCCc1ccn(Cc2ccc(C(F)(F)F)nc2)n1. The number of alkyl halides is 3. The Morgan fingerprint density at radius 1 is 1.21 bits per heavy atom.